The molecule has 19 heteroatoms. The van der Waals surface area contributed by atoms with E-state index in [1.165, 1.54) is 109 Å². The van der Waals surface area contributed by atoms with Crippen LogP contribution in [0.5, 0.6) is 0 Å². The summed E-state index contributed by atoms with van der Waals surface area (Å²) in [5.74, 6) is 0.795. The molecule has 4 unspecified atom stereocenters. The Hall–Kier alpha value is -1.94. The van der Waals surface area contributed by atoms with Gasteiger partial charge in [0.15, 0.2) is 12.2 Å². The number of phosphoric acid groups is 2. The van der Waals surface area contributed by atoms with Gasteiger partial charge in [0.05, 0.1) is 26.4 Å². The van der Waals surface area contributed by atoms with E-state index < -0.39 is 97.5 Å². The molecule has 0 rings (SSSR count). The maximum atomic E-state index is 13.0. The normalized spacial score (nSPS) is 15.0. The molecule has 0 radical (unpaired) electrons. The van der Waals surface area contributed by atoms with Crippen LogP contribution in [0.4, 0.5) is 0 Å². The first kappa shape index (κ1) is 83.1. The molecule has 0 aliphatic rings. The molecule has 0 bridgehead atoms. The average Bonchev–Trinajstić information content (AvgIpc) is 3.52. The van der Waals surface area contributed by atoms with Crippen LogP contribution in [-0.2, 0) is 65.4 Å². The Morgan fingerprint density at radius 2 is 0.565 bits per heavy atom. The third kappa shape index (κ3) is 58.2. The monoisotopic (exact) mass is 1250 g/mol. The topological polar surface area (TPSA) is 237 Å². The van der Waals surface area contributed by atoms with Crippen LogP contribution in [0.1, 0.15) is 319 Å². The summed E-state index contributed by atoms with van der Waals surface area (Å²) in [6.07, 6.45) is 36.3. The van der Waals surface area contributed by atoms with Crippen molar-refractivity contribution in [1.82, 2.24) is 0 Å². The highest BCUT2D eigenvalue weighted by atomic mass is 31.2. The van der Waals surface area contributed by atoms with Gasteiger partial charge in [-0.25, -0.2) is 9.13 Å². The molecule has 0 fully saturated rings. The van der Waals surface area contributed by atoms with Gasteiger partial charge in [-0.1, -0.05) is 267 Å². The highest BCUT2D eigenvalue weighted by Gasteiger charge is 2.30. The van der Waals surface area contributed by atoms with E-state index in [-0.39, 0.29) is 25.7 Å². The van der Waals surface area contributed by atoms with Gasteiger partial charge in [-0.05, 0) is 49.4 Å². The molecular formula is C66H128O17P2. The lowest BCUT2D eigenvalue weighted by Crippen LogP contribution is -2.30. The molecule has 0 heterocycles. The van der Waals surface area contributed by atoms with Crippen molar-refractivity contribution in [1.29, 1.82) is 0 Å². The van der Waals surface area contributed by atoms with Gasteiger partial charge < -0.3 is 33.8 Å². The van der Waals surface area contributed by atoms with Crippen molar-refractivity contribution in [2.75, 3.05) is 39.6 Å². The van der Waals surface area contributed by atoms with E-state index in [2.05, 4.69) is 55.4 Å². The Morgan fingerprint density at radius 3 is 0.835 bits per heavy atom. The van der Waals surface area contributed by atoms with Crippen LogP contribution in [0.15, 0.2) is 0 Å². The minimum atomic E-state index is -4.95. The molecule has 0 amide bonds. The number of carbonyl (C=O) groups is 4. The second-order valence-corrected chi connectivity index (χ2v) is 28.2. The number of rotatable bonds is 63. The van der Waals surface area contributed by atoms with Crippen molar-refractivity contribution in [3.8, 4) is 0 Å². The summed E-state index contributed by atoms with van der Waals surface area (Å²) < 4.78 is 68.1. The Balaban J connectivity index is 5.25. The SMILES string of the molecule is CCC(C)CCCCCCCCC(=O)OC[C@H](COP(=O)(O)OC[C@H](O)COP(=O)(O)OC[C@@H](COC(=O)CCCCCCCCC(C)CC)OC(=O)CCCCCCCCCC(C)C)OC(=O)CCCCCCCCCCCCCCC(C)C. The summed E-state index contributed by atoms with van der Waals surface area (Å²) in [7, 11) is -9.89. The van der Waals surface area contributed by atoms with Gasteiger partial charge in [0.2, 0.25) is 0 Å². The number of hydrogen-bond donors (Lipinski definition) is 3. The number of ether oxygens (including phenoxy) is 4. The summed E-state index contributed by atoms with van der Waals surface area (Å²) in [5.41, 5.74) is 0. The van der Waals surface area contributed by atoms with Crippen LogP contribution in [0.3, 0.4) is 0 Å². The third-order valence-electron chi connectivity index (χ3n) is 15.8. The van der Waals surface area contributed by atoms with Gasteiger partial charge in [0.1, 0.15) is 19.3 Å². The molecule has 0 aliphatic heterocycles. The molecule has 17 nitrogen and oxygen atoms in total. The Bertz CT molecular complexity index is 1700. The van der Waals surface area contributed by atoms with E-state index in [4.69, 9.17) is 37.0 Å². The summed E-state index contributed by atoms with van der Waals surface area (Å²) in [4.78, 5) is 72.3. The molecule has 0 aromatic heterocycles. The number of unbranched alkanes of at least 4 members (excludes halogenated alkanes) is 27. The minimum Gasteiger partial charge on any atom is -0.462 e. The summed E-state index contributed by atoms with van der Waals surface area (Å²) >= 11 is 0. The number of aliphatic hydroxyl groups excluding tert-OH is 1. The van der Waals surface area contributed by atoms with Crippen LogP contribution in [0.2, 0.25) is 0 Å². The van der Waals surface area contributed by atoms with Crippen molar-refractivity contribution in [2.45, 2.75) is 337 Å². The number of carbonyl (C=O) groups excluding carboxylic acids is 4. The van der Waals surface area contributed by atoms with Crippen LogP contribution < -0.4 is 0 Å². The Kier molecular flexibility index (Phi) is 54.8. The van der Waals surface area contributed by atoms with Crippen LogP contribution in [-0.4, -0.2) is 96.7 Å². The summed E-state index contributed by atoms with van der Waals surface area (Å²) in [5, 5.41) is 10.5. The fraction of sp³-hybridized carbons (Fsp3) is 0.939. The van der Waals surface area contributed by atoms with Crippen LogP contribution in [0, 0.1) is 23.7 Å². The van der Waals surface area contributed by atoms with Crippen molar-refractivity contribution in [3.63, 3.8) is 0 Å². The van der Waals surface area contributed by atoms with Crippen molar-refractivity contribution < 1.29 is 80.2 Å². The second kappa shape index (κ2) is 56.1. The standard InChI is InChI=1S/C66H128O17P2/c1-9-58(7)44-36-28-22-24-30-38-46-63(68)76-52-61(82-65(70)48-40-32-20-16-14-12-11-13-15-18-26-34-42-56(3)4)54-80-84(72,73)78-50-60(67)51-79-85(74,75)81-55-62(83-66(71)49-41-33-21-17-19-27-35-43-57(5)6)53-77-64(69)47-39-31-25-23-29-37-45-59(8)10-2/h56-62,67H,9-55H2,1-8H3,(H,72,73)(H,74,75)/t58?,59?,60-,61+,62+/m0/s1. The van der Waals surface area contributed by atoms with E-state index in [1.807, 2.05) is 0 Å². The molecule has 0 aromatic carbocycles. The van der Waals surface area contributed by atoms with E-state index in [0.29, 0.717) is 31.6 Å². The molecule has 3 N–H and O–H groups in total. The van der Waals surface area contributed by atoms with Crippen molar-refractivity contribution in [3.05, 3.63) is 0 Å². The molecule has 0 saturated heterocycles. The fourth-order valence-electron chi connectivity index (χ4n) is 9.72. The molecule has 0 aliphatic carbocycles. The van der Waals surface area contributed by atoms with Crippen molar-refractivity contribution in [2.24, 2.45) is 23.7 Å². The molecular weight excluding hydrogens is 1130 g/mol. The molecule has 0 spiro atoms. The van der Waals surface area contributed by atoms with E-state index >= 15 is 0 Å². The molecule has 0 aromatic rings. The molecule has 0 saturated carbocycles. The zero-order valence-electron chi connectivity index (χ0n) is 55.2. The number of phosphoric ester groups is 2. The largest absolute Gasteiger partial charge is 0.472 e. The van der Waals surface area contributed by atoms with Gasteiger partial charge in [-0.3, -0.25) is 37.3 Å². The highest BCUT2D eigenvalue weighted by molar-refractivity contribution is 7.47. The number of hydrogen-bond acceptors (Lipinski definition) is 15. The Labute approximate surface area is 517 Å². The zero-order chi connectivity index (χ0) is 63.2. The first-order valence-corrected chi connectivity index (χ1v) is 37.3. The van der Waals surface area contributed by atoms with Gasteiger partial charge in [-0.15, -0.1) is 0 Å². The molecule has 85 heavy (non-hydrogen) atoms. The van der Waals surface area contributed by atoms with E-state index in [0.717, 1.165) is 120 Å². The van der Waals surface area contributed by atoms with E-state index in [1.54, 1.807) is 0 Å². The fourth-order valence-corrected chi connectivity index (χ4v) is 11.3. The minimum absolute atomic E-state index is 0.102. The predicted molar refractivity (Wildman–Crippen MR) is 340 cm³/mol. The molecule has 7 atom stereocenters. The lowest BCUT2D eigenvalue weighted by atomic mass is 10.00. The van der Waals surface area contributed by atoms with Gasteiger partial charge in [0, 0.05) is 25.7 Å². The first-order chi connectivity index (χ1) is 40.7. The zero-order valence-corrected chi connectivity index (χ0v) is 57.0. The third-order valence-corrected chi connectivity index (χ3v) is 17.7. The predicted octanol–water partition coefficient (Wildman–Crippen LogP) is 18.1. The highest BCUT2D eigenvalue weighted by Crippen LogP contribution is 2.45. The first-order valence-electron chi connectivity index (χ1n) is 34.3. The lowest BCUT2D eigenvalue weighted by molar-refractivity contribution is -0.161. The Morgan fingerprint density at radius 1 is 0.329 bits per heavy atom. The second-order valence-electron chi connectivity index (χ2n) is 25.3. The number of esters is 4. The van der Waals surface area contributed by atoms with Gasteiger partial charge >= 0.3 is 39.5 Å². The van der Waals surface area contributed by atoms with Crippen LogP contribution >= 0.6 is 15.6 Å². The average molecular weight is 1260 g/mol. The van der Waals surface area contributed by atoms with Crippen molar-refractivity contribution >= 4 is 39.5 Å². The summed E-state index contributed by atoms with van der Waals surface area (Å²) in [6.45, 7) is 14.0. The molecule has 504 valence electrons. The number of aliphatic hydroxyl groups is 1. The van der Waals surface area contributed by atoms with Crippen LogP contribution in [0.25, 0.3) is 0 Å². The van der Waals surface area contributed by atoms with Gasteiger partial charge in [0.25, 0.3) is 0 Å². The smallest absolute Gasteiger partial charge is 0.462 e. The maximum Gasteiger partial charge on any atom is 0.472 e. The van der Waals surface area contributed by atoms with Gasteiger partial charge in [-0.2, -0.15) is 0 Å². The van der Waals surface area contributed by atoms with E-state index in [9.17, 15) is 43.2 Å². The maximum absolute atomic E-state index is 13.0. The summed E-state index contributed by atoms with van der Waals surface area (Å²) in [6, 6.07) is 0. The quantitative estimate of drug-likeness (QED) is 0.0222. The lowest BCUT2D eigenvalue weighted by Gasteiger charge is -2.21.